The van der Waals surface area contributed by atoms with Gasteiger partial charge in [-0.25, -0.2) is 4.39 Å². The van der Waals surface area contributed by atoms with Crippen molar-refractivity contribution in [2.45, 2.75) is 18.9 Å². The number of hydrogen-bond donors (Lipinski definition) is 2. The zero-order valence-electron chi connectivity index (χ0n) is 9.41. The van der Waals surface area contributed by atoms with Crippen LogP contribution in [0.25, 0.3) is 0 Å². The molecule has 0 aromatic heterocycles. The molecule has 0 radical (unpaired) electrons. The quantitative estimate of drug-likeness (QED) is 0.867. The van der Waals surface area contributed by atoms with Crippen molar-refractivity contribution in [3.05, 3.63) is 35.6 Å². The lowest BCUT2D eigenvalue weighted by atomic mass is 10.2. The molecule has 0 bridgehead atoms. The summed E-state index contributed by atoms with van der Waals surface area (Å²) in [5.41, 5.74) is 0.112. The van der Waals surface area contributed by atoms with Gasteiger partial charge in [0.15, 0.2) is 0 Å². The van der Waals surface area contributed by atoms with E-state index < -0.39 is 5.82 Å². The molecule has 0 saturated carbocycles. The molecule has 2 N–H and O–H groups in total. The Morgan fingerprint density at radius 2 is 2.24 bits per heavy atom. The molecule has 1 fully saturated rings. The first-order valence-electron chi connectivity index (χ1n) is 5.53. The Labute approximate surface area is 106 Å². The maximum atomic E-state index is 13.3. The number of halogens is 2. The van der Waals surface area contributed by atoms with Crippen LogP contribution in [-0.2, 0) is 0 Å². The van der Waals surface area contributed by atoms with Crippen LogP contribution in [0.2, 0.25) is 0 Å². The van der Waals surface area contributed by atoms with E-state index in [1.165, 1.54) is 12.1 Å². The number of hydrogen-bond acceptors (Lipinski definition) is 2. The van der Waals surface area contributed by atoms with E-state index in [2.05, 4.69) is 10.6 Å². The average molecular weight is 259 g/mol. The maximum absolute atomic E-state index is 13.3. The van der Waals surface area contributed by atoms with Crippen molar-refractivity contribution in [1.29, 1.82) is 0 Å². The summed E-state index contributed by atoms with van der Waals surface area (Å²) < 4.78 is 13.3. The molecule has 94 valence electrons. The summed E-state index contributed by atoms with van der Waals surface area (Å²) >= 11 is 0. The third-order valence-corrected chi connectivity index (χ3v) is 2.79. The lowest BCUT2D eigenvalue weighted by molar-refractivity contribution is 0.0946. The highest BCUT2D eigenvalue weighted by Crippen LogP contribution is 2.07. The predicted octanol–water partition coefficient (Wildman–Crippen LogP) is 1.73. The first kappa shape index (κ1) is 13.9. The molecule has 1 amide bonds. The Kier molecular flexibility index (Phi) is 5.38. The van der Waals surface area contributed by atoms with E-state index >= 15 is 0 Å². The number of nitrogens with one attached hydrogen (secondary N) is 2. The zero-order chi connectivity index (χ0) is 11.4. The smallest absolute Gasteiger partial charge is 0.254 e. The summed E-state index contributed by atoms with van der Waals surface area (Å²) in [6.07, 6.45) is 2.21. The van der Waals surface area contributed by atoms with Crippen LogP contribution in [-0.4, -0.2) is 25.0 Å². The maximum Gasteiger partial charge on any atom is 0.254 e. The number of amides is 1. The molecular formula is C12H16ClFN2O. The Balaban J connectivity index is 0.00000144. The van der Waals surface area contributed by atoms with Gasteiger partial charge in [0.2, 0.25) is 0 Å². The molecule has 5 heteroatoms. The Morgan fingerprint density at radius 1 is 1.47 bits per heavy atom. The average Bonchev–Trinajstić information content (AvgIpc) is 2.79. The molecule has 1 aliphatic rings. The topological polar surface area (TPSA) is 41.1 Å². The van der Waals surface area contributed by atoms with Gasteiger partial charge in [-0.05, 0) is 31.5 Å². The first-order valence-corrected chi connectivity index (χ1v) is 5.53. The molecule has 0 aliphatic carbocycles. The predicted molar refractivity (Wildman–Crippen MR) is 67.0 cm³/mol. The lowest BCUT2D eigenvalue weighted by Gasteiger charge is -2.11. The van der Waals surface area contributed by atoms with Gasteiger partial charge < -0.3 is 10.6 Å². The van der Waals surface area contributed by atoms with Gasteiger partial charge >= 0.3 is 0 Å². The molecule has 1 saturated heterocycles. The van der Waals surface area contributed by atoms with Crippen LogP contribution in [0.1, 0.15) is 23.2 Å². The Bertz CT molecular complexity index is 381. The molecule has 1 heterocycles. The highest BCUT2D eigenvalue weighted by atomic mass is 35.5. The van der Waals surface area contributed by atoms with Gasteiger partial charge in [0.1, 0.15) is 5.82 Å². The van der Waals surface area contributed by atoms with Gasteiger partial charge in [0.25, 0.3) is 5.91 Å². The van der Waals surface area contributed by atoms with E-state index in [-0.39, 0.29) is 23.9 Å². The minimum Gasteiger partial charge on any atom is -0.350 e. The molecular weight excluding hydrogens is 243 g/mol. The van der Waals surface area contributed by atoms with Gasteiger partial charge in [-0.3, -0.25) is 4.79 Å². The highest BCUT2D eigenvalue weighted by molar-refractivity contribution is 5.94. The SMILES string of the molecule is Cl.O=C(NCC1CCCN1)c1ccccc1F. The third kappa shape index (κ3) is 3.68. The second-order valence-electron chi connectivity index (χ2n) is 3.98. The van der Waals surface area contributed by atoms with Gasteiger partial charge in [0.05, 0.1) is 5.56 Å². The highest BCUT2D eigenvalue weighted by Gasteiger charge is 2.16. The van der Waals surface area contributed by atoms with E-state index in [0.717, 1.165) is 19.4 Å². The van der Waals surface area contributed by atoms with Gasteiger partial charge in [-0.2, -0.15) is 0 Å². The normalized spacial score (nSPS) is 18.5. The van der Waals surface area contributed by atoms with Crippen molar-refractivity contribution in [2.24, 2.45) is 0 Å². The van der Waals surface area contributed by atoms with Crippen LogP contribution in [0.4, 0.5) is 4.39 Å². The zero-order valence-corrected chi connectivity index (χ0v) is 10.2. The molecule has 1 atom stereocenters. The van der Waals surface area contributed by atoms with Crippen molar-refractivity contribution in [3.63, 3.8) is 0 Å². The van der Waals surface area contributed by atoms with Gasteiger partial charge in [-0.1, -0.05) is 12.1 Å². The largest absolute Gasteiger partial charge is 0.350 e. The summed E-state index contributed by atoms with van der Waals surface area (Å²) in [6.45, 7) is 1.56. The Morgan fingerprint density at radius 3 is 2.88 bits per heavy atom. The van der Waals surface area contributed by atoms with E-state index in [1.54, 1.807) is 12.1 Å². The lowest BCUT2D eigenvalue weighted by Crippen LogP contribution is -2.37. The molecule has 17 heavy (non-hydrogen) atoms. The molecule has 0 spiro atoms. The summed E-state index contributed by atoms with van der Waals surface area (Å²) in [6, 6.07) is 6.35. The van der Waals surface area contributed by atoms with Crippen molar-refractivity contribution in [2.75, 3.05) is 13.1 Å². The third-order valence-electron chi connectivity index (χ3n) is 2.79. The van der Waals surface area contributed by atoms with Crippen molar-refractivity contribution in [3.8, 4) is 0 Å². The first-order chi connectivity index (χ1) is 7.77. The standard InChI is InChI=1S/C12H15FN2O.ClH/c13-11-6-2-1-5-10(11)12(16)15-8-9-4-3-7-14-9;/h1-2,5-6,9,14H,3-4,7-8H2,(H,15,16);1H. The summed E-state index contributed by atoms with van der Waals surface area (Å²) in [5, 5.41) is 6.01. The monoisotopic (exact) mass is 258 g/mol. The fraction of sp³-hybridized carbons (Fsp3) is 0.417. The van der Waals surface area contributed by atoms with Crippen molar-refractivity contribution >= 4 is 18.3 Å². The van der Waals surface area contributed by atoms with Crippen LogP contribution in [0, 0.1) is 5.82 Å². The second-order valence-corrected chi connectivity index (χ2v) is 3.98. The van der Waals surface area contributed by atoms with Crippen LogP contribution >= 0.6 is 12.4 Å². The number of carbonyl (C=O) groups is 1. The van der Waals surface area contributed by atoms with Crippen LogP contribution in [0.5, 0.6) is 0 Å². The van der Waals surface area contributed by atoms with E-state index in [0.29, 0.717) is 12.6 Å². The van der Waals surface area contributed by atoms with Crippen LogP contribution in [0.15, 0.2) is 24.3 Å². The fourth-order valence-electron chi connectivity index (χ4n) is 1.89. The van der Waals surface area contributed by atoms with E-state index in [4.69, 9.17) is 0 Å². The van der Waals surface area contributed by atoms with Crippen molar-refractivity contribution < 1.29 is 9.18 Å². The van der Waals surface area contributed by atoms with Gasteiger partial charge in [0, 0.05) is 12.6 Å². The number of carbonyl (C=O) groups excluding carboxylic acids is 1. The van der Waals surface area contributed by atoms with E-state index in [1.807, 2.05) is 0 Å². The molecule has 1 aromatic carbocycles. The summed E-state index contributed by atoms with van der Waals surface area (Å²) in [5.74, 6) is -0.814. The minimum atomic E-state index is -0.473. The summed E-state index contributed by atoms with van der Waals surface area (Å²) in [7, 11) is 0. The van der Waals surface area contributed by atoms with E-state index in [9.17, 15) is 9.18 Å². The number of rotatable bonds is 3. The second kappa shape index (κ2) is 6.57. The van der Waals surface area contributed by atoms with Crippen molar-refractivity contribution in [1.82, 2.24) is 10.6 Å². The Hall–Kier alpha value is -1.13. The van der Waals surface area contributed by atoms with Crippen LogP contribution < -0.4 is 10.6 Å². The molecule has 1 aliphatic heterocycles. The van der Waals surface area contributed by atoms with Crippen LogP contribution in [0.3, 0.4) is 0 Å². The fourth-order valence-corrected chi connectivity index (χ4v) is 1.89. The number of benzene rings is 1. The molecule has 1 aromatic rings. The summed E-state index contributed by atoms with van der Waals surface area (Å²) in [4.78, 5) is 11.6. The molecule has 1 unspecified atom stereocenters. The van der Waals surface area contributed by atoms with Gasteiger partial charge in [-0.15, -0.1) is 12.4 Å². The molecule has 2 rings (SSSR count). The minimum absolute atomic E-state index is 0. The molecule has 3 nitrogen and oxygen atoms in total.